The quantitative estimate of drug-likeness (QED) is 0.531. The minimum atomic E-state index is -1.15. The third-order valence-electron chi connectivity index (χ3n) is 2.00. The number of nitrogens with one attached hydrogen (secondary N) is 1. The molecule has 0 radical (unpaired) electrons. The van der Waals surface area contributed by atoms with Gasteiger partial charge in [-0.1, -0.05) is 12.2 Å². The van der Waals surface area contributed by atoms with Gasteiger partial charge in [0.1, 0.15) is 5.60 Å². The highest BCUT2D eigenvalue weighted by molar-refractivity contribution is 5.84. The molecule has 1 rings (SSSR count). The normalized spacial score (nSPS) is 30.0. The zero-order valence-electron chi connectivity index (χ0n) is 6.63. The smallest absolute Gasteiger partial charge is 0.252 e. The SMILES string of the molecule is CNC(=O)[C@@]1(O)CC=CCC1. The van der Waals surface area contributed by atoms with Gasteiger partial charge in [-0.3, -0.25) is 4.79 Å². The van der Waals surface area contributed by atoms with Crippen LogP contribution in [-0.2, 0) is 4.79 Å². The molecule has 0 spiro atoms. The molecule has 1 amide bonds. The molecule has 0 aromatic carbocycles. The number of rotatable bonds is 1. The molecular formula is C8H13NO2. The van der Waals surface area contributed by atoms with Gasteiger partial charge in [0.2, 0.25) is 0 Å². The highest BCUT2D eigenvalue weighted by Crippen LogP contribution is 2.22. The lowest BCUT2D eigenvalue weighted by molar-refractivity contribution is -0.139. The van der Waals surface area contributed by atoms with E-state index in [1.54, 1.807) is 7.05 Å². The maximum absolute atomic E-state index is 11.1. The lowest BCUT2D eigenvalue weighted by atomic mass is 9.89. The van der Waals surface area contributed by atoms with E-state index in [-0.39, 0.29) is 5.91 Å². The van der Waals surface area contributed by atoms with Crippen LogP contribution in [0, 0.1) is 0 Å². The van der Waals surface area contributed by atoms with Crippen LogP contribution in [0.25, 0.3) is 0 Å². The minimum Gasteiger partial charge on any atom is -0.380 e. The number of amides is 1. The van der Waals surface area contributed by atoms with Crippen molar-refractivity contribution in [2.45, 2.75) is 24.9 Å². The average molecular weight is 155 g/mol. The van der Waals surface area contributed by atoms with Crippen molar-refractivity contribution in [3.8, 4) is 0 Å². The lowest BCUT2D eigenvalue weighted by Crippen LogP contribution is -2.45. The number of carbonyl (C=O) groups is 1. The molecule has 3 nitrogen and oxygen atoms in total. The molecule has 1 aliphatic carbocycles. The Kier molecular flexibility index (Phi) is 2.29. The monoisotopic (exact) mass is 155 g/mol. The molecule has 1 atom stereocenters. The first-order chi connectivity index (χ1) is 5.19. The summed E-state index contributed by atoms with van der Waals surface area (Å²) in [6.07, 6.45) is 5.58. The molecule has 0 heterocycles. The molecule has 0 saturated carbocycles. The number of likely N-dealkylation sites (N-methyl/N-ethyl adjacent to an activating group) is 1. The largest absolute Gasteiger partial charge is 0.380 e. The van der Waals surface area contributed by atoms with E-state index in [1.165, 1.54) is 0 Å². The van der Waals surface area contributed by atoms with E-state index >= 15 is 0 Å². The summed E-state index contributed by atoms with van der Waals surface area (Å²) >= 11 is 0. The fraction of sp³-hybridized carbons (Fsp3) is 0.625. The average Bonchev–Trinajstić information content (AvgIpc) is 2.04. The van der Waals surface area contributed by atoms with Crippen molar-refractivity contribution < 1.29 is 9.90 Å². The van der Waals surface area contributed by atoms with Crippen LogP contribution in [-0.4, -0.2) is 23.7 Å². The number of hydrogen-bond acceptors (Lipinski definition) is 2. The van der Waals surface area contributed by atoms with Gasteiger partial charge in [0.05, 0.1) is 0 Å². The molecule has 0 fully saturated rings. The van der Waals surface area contributed by atoms with Gasteiger partial charge in [-0.25, -0.2) is 0 Å². The van der Waals surface area contributed by atoms with Gasteiger partial charge in [0.15, 0.2) is 0 Å². The van der Waals surface area contributed by atoms with Crippen LogP contribution in [0.2, 0.25) is 0 Å². The zero-order chi connectivity index (χ0) is 8.32. The second-order valence-corrected chi connectivity index (χ2v) is 2.82. The third-order valence-corrected chi connectivity index (χ3v) is 2.00. The van der Waals surface area contributed by atoms with Crippen molar-refractivity contribution in [1.82, 2.24) is 5.32 Å². The fourth-order valence-electron chi connectivity index (χ4n) is 1.26. The van der Waals surface area contributed by atoms with E-state index in [9.17, 15) is 9.90 Å². The fourth-order valence-corrected chi connectivity index (χ4v) is 1.26. The summed E-state index contributed by atoms with van der Waals surface area (Å²) in [6.45, 7) is 0. The van der Waals surface area contributed by atoms with Crippen molar-refractivity contribution in [1.29, 1.82) is 0 Å². The van der Waals surface area contributed by atoms with E-state index in [4.69, 9.17) is 0 Å². The molecule has 62 valence electrons. The summed E-state index contributed by atoms with van der Waals surface area (Å²) in [5.41, 5.74) is -1.15. The van der Waals surface area contributed by atoms with Crippen LogP contribution >= 0.6 is 0 Å². The van der Waals surface area contributed by atoms with Crippen LogP contribution < -0.4 is 5.32 Å². The van der Waals surface area contributed by atoms with E-state index < -0.39 is 5.60 Å². The van der Waals surface area contributed by atoms with Crippen LogP contribution in [0.1, 0.15) is 19.3 Å². The Balaban J connectivity index is 2.66. The molecule has 0 aromatic heterocycles. The van der Waals surface area contributed by atoms with Crippen molar-refractivity contribution in [2.75, 3.05) is 7.05 Å². The van der Waals surface area contributed by atoms with Gasteiger partial charge in [-0.15, -0.1) is 0 Å². The number of carbonyl (C=O) groups excluding carboxylic acids is 1. The summed E-state index contributed by atoms with van der Waals surface area (Å²) in [7, 11) is 1.54. The molecule has 2 N–H and O–H groups in total. The Hall–Kier alpha value is -0.830. The highest BCUT2D eigenvalue weighted by atomic mass is 16.3. The van der Waals surface area contributed by atoms with Gasteiger partial charge in [0.25, 0.3) is 5.91 Å². The van der Waals surface area contributed by atoms with E-state index in [1.807, 2.05) is 12.2 Å². The van der Waals surface area contributed by atoms with Crippen molar-refractivity contribution >= 4 is 5.91 Å². The lowest BCUT2D eigenvalue weighted by Gasteiger charge is -2.26. The molecule has 0 aromatic rings. The van der Waals surface area contributed by atoms with Crippen molar-refractivity contribution in [3.63, 3.8) is 0 Å². The second-order valence-electron chi connectivity index (χ2n) is 2.82. The van der Waals surface area contributed by atoms with Crippen LogP contribution in [0.4, 0.5) is 0 Å². The molecule has 0 bridgehead atoms. The molecule has 0 unspecified atom stereocenters. The van der Waals surface area contributed by atoms with Crippen molar-refractivity contribution in [3.05, 3.63) is 12.2 Å². The van der Waals surface area contributed by atoms with Gasteiger partial charge in [0, 0.05) is 13.5 Å². The molecular weight excluding hydrogens is 142 g/mol. The standard InChI is InChI=1S/C8H13NO2/c1-9-7(10)8(11)5-3-2-4-6-8/h2-3,11H,4-6H2,1H3,(H,9,10)/t8-/m1/s1. The number of aliphatic hydroxyl groups is 1. The molecule has 0 saturated heterocycles. The third kappa shape index (κ3) is 1.60. The summed E-state index contributed by atoms with van der Waals surface area (Å²) in [4.78, 5) is 11.1. The first-order valence-corrected chi connectivity index (χ1v) is 3.78. The highest BCUT2D eigenvalue weighted by Gasteiger charge is 2.34. The van der Waals surface area contributed by atoms with Gasteiger partial charge in [-0.2, -0.15) is 0 Å². The molecule has 1 aliphatic rings. The summed E-state index contributed by atoms with van der Waals surface area (Å²) in [5, 5.41) is 12.1. The minimum absolute atomic E-state index is 0.276. The Morgan fingerprint density at radius 3 is 2.82 bits per heavy atom. The summed E-state index contributed by atoms with van der Waals surface area (Å²) in [5.74, 6) is -0.276. The maximum atomic E-state index is 11.1. The Morgan fingerprint density at radius 2 is 2.36 bits per heavy atom. The van der Waals surface area contributed by atoms with Crippen LogP contribution in [0.5, 0.6) is 0 Å². The van der Waals surface area contributed by atoms with Crippen LogP contribution in [0.15, 0.2) is 12.2 Å². The number of allylic oxidation sites excluding steroid dienone is 1. The van der Waals surface area contributed by atoms with Gasteiger partial charge >= 0.3 is 0 Å². The molecule has 3 heteroatoms. The first-order valence-electron chi connectivity index (χ1n) is 3.78. The van der Waals surface area contributed by atoms with E-state index in [2.05, 4.69) is 5.32 Å². The Morgan fingerprint density at radius 1 is 1.64 bits per heavy atom. The molecule has 0 aliphatic heterocycles. The zero-order valence-corrected chi connectivity index (χ0v) is 6.63. The van der Waals surface area contributed by atoms with Gasteiger partial charge in [-0.05, 0) is 12.8 Å². The predicted octanol–water partition coefficient (Wildman–Crippen LogP) is 0.204. The first kappa shape index (κ1) is 8.27. The number of hydrogen-bond donors (Lipinski definition) is 2. The Labute approximate surface area is 66.1 Å². The summed E-state index contributed by atoms with van der Waals surface area (Å²) in [6, 6.07) is 0. The summed E-state index contributed by atoms with van der Waals surface area (Å²) < 4.78 is 0. The Bertz CT molecular complexity index is 189. The van der Waals surface area contributed by atoms with E-state index in [0.29, 0.717) is 12.8 Å². The van der Waals surface area contributed by atoms with E-state index in [0.717, 1.165) is 6.42 Å². The molecule has 11 heavy (non-hydrogen) atoms. The maximum Gasteiger partial charge on any atom is 0.252 e. The van der Waals surface area contributed by atoms with Crippen molar-refractivity contribution in [2.24, 2.45) is 0 Å². The topological polar surface area (TPSA) is 49.3 Å². The second kappa shape index (κ2) is 3.05. The predicted molar refractivity (Wildman–Crippen MR) is 42.0 cm³/mol. The van der Waals surface area contributed by atoms with Crippen LogP contribution in [0.3, 0.4) is 0 Å². The van der Waals surface area contributed by atoms with Gasteiger partial charge < -0.3 is 10.4 Å².